The van der Waals surface area contributed by atoms with Crippen LogP contribution in [0.1, 0.15) is 19.8 Å². The highest BCUT2D eigenvalue weighted by atomic mass is 35.5. The molecule has 9 heteroatoms. The van der Waals surface area contributed by atoms with Gasteiger partial charge < -0.3 is 10.4 Å². The number of anilines is 1. The number of carbonyl (C=O) groups excluding carboxylic acids is 1. The molecule has 0 aliphatic carbocycles. The molecule has 0 saturated carbocycles. The molecule has 120 valence electrons. The average molecular weight is 330 g/mol. The molecule has 1 unspecified atom stereocenters. The second-order valence-corrected chi connectivity index (χ2v) is 4.94. The molecule has 3 N–H and O–H groups in total. The van der Waals surface area contributed by atoms with Crippen LogP contribution in [0.4, 0.5) is 11.4 Å². The van der Waals surface area contributed by atoms with E-state index in [0.717, 1.165) is 6.07 Å². The molecule has 8 nitrogen and oxygen atoms in total. The average Bonchev–Trinajstić information content (AvgIpc) is 2.44. The maximum atomic E-state index is 11.7. The van der Waals surface area contributed by atoms with Crippen molar-refractivity contribution in [2.45, 2.75) is 25.8 Å². The highest BCUT2D eigenvalue weighted by Crippen LogP contribution is 2.27. The van der Waals surface area contributed by atoms with E-state index in [-0.39, 0.29) is 22.9 Å². The van der Waals surface area contributed by atoms with Crippen molar-refractivity contribution in [2.75, 3.05) is 11.9 Å². The molecule has 1 rings (SSSR count). The van der Waals surface area contributed by atoms with Gasteiger partial charge in [0.1, 0.15) is 11.1 Å². The van der Waals surface area contributed by atoms with Crippen molar-refractivity contribution in [2.24, 2.45) is 0 Å². The van der Waals surface area contributed by atoms with E-state index in [0.29, 0.717) is 12.8 Å². The minimum atomic E-state index is -1.03. The van der Waals surface area contributed by atoms with Crippen LogP contribution in [0.25, 0.3) is 0 Å². The quantitative estimate of drug-likeness (QED) is 0.495. The number of aliphatic carboxylic acids is 1. The maximum Gasteiger partial charge on any atom is 0.320 e. The van der Waals surface area contributed by atoms with Crippen molar-refractivity contribution in [3.63, 3.8) is 0 Å². The smallest absolute Gasteiger partial charge is 0.320 e. The molecule has 0 saturated heterocycles. The van der Waals surface area contributed by atoms with Crippen LogP contribution >= 0.6 is 11.6 Å². The number of carbonyl (C=O) groups is 2. The zero-order valence-corrected chi connectivity index (χ0v) is 12.6. The number of rotatable bonds is 8. The van der Waals surface area contributed by atoms with Gasteiger partial charge in [0, 0.05) is 11.8 Å². The largest absolute Gasteiger partial charge is 0.480 e. The standard InChI is InChI=1S/C13H16ClN3O5/c1-2-3-10(13(19)20)15-7-12(18)16-8-4-5-9(14)11(6-8)17(21)22/h4-6,10,15H,2-3,7H2,1H3,(H,16,18)(H,19,20). The first-order valence-corrected chi connectivity index (χ1v) is 6.93. The first-order chi connectivity index (χ1) is 10.3. The van der Waals surface area contributed by atoms with Gasteiger partial charge in [0.2, 0.25) is 5.91 Å². The van der Waals surface area contributed by atoms with Crippen molar-refractivity contribution in [3.8, 4) is 0 Å². The van der Waals surface area contributed by atoms with Crippen molar-refractivity contribution < 1.29 is 19.6 Å². The van der Waals surface area contributed by atoms with Crippen LogP contribution in [0.3, 0.4) is 0 Å². The summed E-state index contributed by atoms with van der Waals surface area (Å²) < 4.78 is 0. The summed E-state index contributed by atoms with van der Waals surface area (Å²) in [4.78, 5) is 32.8. The number of nitrogens with zero attached hydrogens (tertiary/aromatic N) is 1. The van der Waals surface area contributed by atoms with Crippen molar-refractivity contribution in [1.82, 2.24) is 5.32 Å². The van der Waals surface area contributed by atoms with Gasteiger partial charge in [0.25, 0.3) is 5.69 Å². The van der Waals surface area contributed by atoms with Crippen LogP contribution in [0.15, 0.2) is 18.2 Å². The highest BCUT2D eigenvalue weighted by molar-refractivity contribution is 6.32. The molecule has 1 amide bonds. The first-order valence-electron chi connectivity index (χ1n) is 6.55. The van der Waals surface area contributed by atoms with Gasteiger partial charge in [-0.3, -0.25) is 25.0 Å². The van der Waals surface area contributed by atoms with Gasteiger partial charge in [-0.05, 0) is 18.6 Å². The van der Waals surface area contributed by atoms with Crippen LogP contribution in [0, 0.1) is 10.1 Å². The van der Waals surface area contributed by atoms with E-state index in [9.17, 15) is 19.7 Å². The number of benzene rings is 1. The van der Waals surface area contributed by atoms with Gasteiger partial charge in [0.15, 0.2) is 0 Å². The molecule has 1 atom stereocenters. The van der Waals surface area contributed by atoms with E-state index in [1.165, 1.54) is 12.1 Å². The fourth-order valence-corrected chi connectivity index (χ4v) is 1.94. The van der Waals surface area contributed by atoms with Gasteiger partial charge in [-0.25, -0.2) is 0 Å². The lowest BCUT2D eigenvalue weighted by atomic mass is 10.2. The lowest BCUT2D eigenvalue weighted by molar-refractivity contribution is -0.384. The van der Waals surface area contributed by atoms with Crippen LogP contribution < -0.4 is 10.6 Å². The molecule has 1 aromatic rings. The maximum absolute atomic E-state index is 11.7. The molecular weight excluding hydrogens is 314 g/mol. The summed E-state index contributed by atoms with van der Waals surface area (Å²) in [5.74, 6) is -1.53. The van der Waals surface area contributed by atoms with E-state index in [4.69, 9.17) is 16.7 Å². The third-order valence-corrected chi connectivity index (χ3v) is 3.13. The second-order valence-electron chi connectivity index (χ2n) is 4.53. The first kappa shape index (κ1) is 17.9. The zero-order chi connectivity index (χ0) is 16.7. The summed E-state index contributed by atoms with van der Waals surface area (Å²) in [6, 6.07) is 3.06. The van der Waals surface area contributed by atoms with Gasteiger partial charge in [-0.2, -0.15) is 0 Å². The lowest BCUT2D eigenvalue weighted by Crippen LogP contribution is -2.41. The molecule has 0 spiro atoms. The van der Waals surface area contributed by atoms with Gasteiger partial charge in [0.05, 0.1) is 11.5 Å². The van der Waals surface area contributed by atoms with Gasteiger partial charge in [-0.15, -0.1) is 0 Å². The van der Waals surface area contributed by atoms with E-state index < -0.39 is 22.8 Å². The summed E-state index contributed by atoms with van der Waals surface area (Å²) in [7, 11) is 0. The number of hydrogen-bond acceptors (Lipinski definition) is 5. The third-order valence-electron chi connectivity index (χ3n) is 2.81. The molecule has 0 aliphatic heterocycles. The molecule has 1 aromatic carbocycles. The van der Waals surface area contributed by atoms with Crippen LogP contribution in [-0.4, -0.2) is 34.5 Å². The zero-order valence-electron chi connectivity index (χ0n) is 11.8. The lowest BCUT2D eigenvalue weighted by Gasteiger charge is -2.13. The number of halogens is 1. The fraction of sp³-hybridized carbons (Fsp3) is 0.385. The van der Waals surface area contributed by atoms with Crippen LogP contribution in [-0.2, 0) is 9.59 Å². The number of hydrogen-bond donors (Lipinski definition) is 3. The minimum absolute atomic E-state index is 0.0324. The molecule has 0 bridgehead atoms. The van der Waals surface area contributed by atoms with Crippen molar-refractivity contribution >= 4 is 34.9 Å². The molecule has 0 fully saturated rings. The van der Waals surface area contributed by atoms with E-state index in [2.05, 4.69) is 10.6 Å². The summed E-state index contributed by atoms with van der Waals surface area (Å²) in [5, 5.41) is 24.7. The van der Waals surface area contributed by atoms with Gasteiger partial charge in [-0.1, -0.05) is 24.9 Å². The van der Waals surface area contributed by atoms with Crippen LogP contribution in [0.2, 0.25) is 5.02 Å². The van der Waals surface area contributed by atoms with Gasteiger partial charge >= 0.3 is 5.97 Å². The van der Waals surface area contributed by atoms with E-state index in [1.54, 1.807) is 0 Å². The number of nitro benzene ring substituents is 1. The number of amides is 1. The second kappa shape index (κ2) is 8.30. The van der Waals surface area contributed by atoms with Crippen molar-refractivity contribution in [1.29, 1.82) is 0 Å². The third kappa shape index (κ3) is 5.30. The predicted octanol–water partition coefficient (Wildman–Crippen LogP) is 2.03. The molecular formula is C13H16ClN3O5. The molecule has 0 radical (unpaired) electrons. The Morgan fingerprint density at radius 1 is 1.45 bits per heavy atom. The molecule has 0 aromatic heterocycles. The Bertz CT molecular complexity index is 579. The Hall–Kier alpha value is -2.19. The SMILES string of the molecule is CCCC(NCC(=O)Nc1ccc(Cl)c([N+](=O)[O-])c1)C(=O)O. The number of carboxylic acids is 1. The minimum Gasteiger partial charge on any atom is -0.480 e. The molecule has 0 heterocycles. The van der Waals surface area contributed by atoms with Crippen LogP contribution in [0.5, 0.6) is 0 Å². The number of nitrogens with one attached hydrogen (secondary N) is 2. The Labute approximate surface area is 131 Å². The highest BCUT2D eigenvalue weighted by Gasteiger charge is 2.17. The Kier molecular flexibility index (Phi) is 6.74. The van der Waals surface area contributed by atoms with E-state index in [1.807, 2.05) is 6.92 Å². The monoisotopic (exact) mass is 329 g/mol. The number of carboxylic acid groups (broad SMARTS) is 1. The Morgan fingerprint density at radius 2 is 2.14 bits per heavy atom. The molecule has 0 aliphatic rings. The fourth-order valence-electron chi connectivity index (χ4n) is 1.75. The summed E-state index contributed by atoms with van der Waals surface area (Å²) in [6.07, 6.45) is 1.06. The normalized spacial score (nSPS) is 11.7. The number of nitro groups is 1. The summed E-state index contributed by atoms with van der Waals surface area (Å²) in [6.45, 7) is 1.62. The molecule has 22 heavy (non-hydrogen) atoms. The summed E-state index contributed by atoms with van der Waals surface area (Å²) in [5.41, 5.74) is -0.105. The Balaban J connectivity index is 2.63. The summed E-state index contributed by atoms with van der Waals surface area (Å²) >= 11 is 5.67. The van der Waals surface area contributed by atoms with E-state index >= 15 is 0 Å². The van der Waals surface area contributed by atoms with Crippen molar-refractivity contribution in [3.05, 3.63) is 33.3 Å². The topological polar surface area (TPSA) is 122 Å². The Morgan fingerprint density at radius 3 is 2.68 bits per heavy atom. The predicted molar refractivity (Wildman–Crippen MR) is 81.1 cm³/mol.